The van der Waals surface area contributed by atoms with Gasteiger partial charge in [0.25, 0.3) is 0 Å². The Hall–Kier alpha value is -0.630. The lowest BCUT2D eigenvalue weighted by Crippen LogP contribution is -1.90. The van der Waals surface area contributed by atoms with Crippen molar-refractivity contribution < 1.29 is 4.74 Å². The lowest BCUT2D eigenvalue weighted by atomic mass is 10.3. The average molecular weight is 169 g/mol. The third-order valence-corrected chi connectivity index (χ3v) is 1.57. The maximum atomic E-state index is 4.97. The number of hydrogen-bond acceptors (Lipinski definition) is 2. The molecule has 0 bridgehead atoms. The van der Waals surface area contributed by atoms with Crippen LogP contribution in [0.3, 0.4) is 0 Å². The molecular weight excluding hydrogens is 150 g/mol. The first-order valence-corrected chi connectivity index (χ1v) is 4.51. The van der Waals surface area contributed by atoms with Crippen molar-refractivity contribution in [2.24, 2.45) is 4.99 Å². The van der Waals surface area contributed by atoms with Crippen LogP contribution in [0.4, 0.5) is 0 Å². The summed E-state index contributed by atoms with van der Waals surface area (Å²) in [6.45, 7) is 4.91. The minimum absolute atomic E-state index is 0.753. The van der Waals surface area contributed by atoms with Crippen LogP contribution in [-0.2, 0) is 4.74 Å². The van der Waals surface area contributed by atoms with Gasteiger partial charge in [0.1, 0.15) is 0 Å². The van der Waals surface area contributed by atoms with E-state index in [-0.39, 0.29) is 0 Å². The molecule has 12 heavy (non-hydrogen) atoms. The molecule has 0 aliphatic rings. The van der Waals surface area contributed by atoms with Crippen LogP contribution in [0.2, 0.25) is 0 Å². The second-order valence-corrected chi connectivity index (χ2v) is 2.62. The molecule has 0 unspecified atom stereocenters. The van der Waals surface area contributed by atoms with Gasteiger partial charge in [-0.1, -0.05) is 19.4 Å². The topological polar surface area (TPSA) is 21.6 Å². The quantitative estimate of drug-likeness (QED) is 0.560. The smallest absolute Gasteiger partial charge is 0.0517 e. The Morgan fingerprint density at radius 1 is 1.50 bits per heavy atom. The zero-order valence-corrected chi connectivity index (χ0v) is 8.34. The highest BCUT2D eigenvalue weighted by molar-refractivity contribution is 5.58. The molecule has 0 N–H and O–H groups in total. The Balaban J connectivity index is 3.68. The van der Waals surface area contributed by atoms with Gasteiger partial charge in [-0.2, -0.15) is 0 Å². The zero-order valence-electron chi connectivity index (χ0n) is 8.34. The van der Waals surface area contributed by atoms with E-state index in [4.69, 9.17) is 4.74 Å². The SMILES string of the molecule is C/C=C(/CCOC)N=CCCC. The molecule has 0 radical (unpaired) electrons. The highest BCUT2D eigenvalue weighted by Gasteiger charge is 1.90. The van der Waals surface area contributed by atoms with Crippen LogP contribution in [0.25, 0.3) is 0 Å². The van der Waals surface area contributed by atoms with Crippen molar-refractivity contribution in [1.82, 2.24) is 0 Å². The van der Waals surface area contributed by atoms with E-state index in [0.29, 0.717) is 0 Å². The molecule has 0 aromatic rings. The Morgan fingerprint density at radius 3 is 2.75 bits per heavy atom. The number of hydrogen-bond donors (Lipinski definition) is 0. The summed E-state index contributed by atoms with van der Waals surface area (Å²) in [5.41, 5.74) is 1.12. The Bertz CT molecular complexity index is 150. The zero-order chi connectivity index (χ0) is 9.23. The van der Waals surface area contributed by atoms with Crippen LogP contribution in [0.5, 0.6) is 0 Å². The number of rotatable bonds is 6. The molecule has 0 saturated carbocycles. The highest BCUT2D eigenvalue weighted by Crippen LogP contribution is 2.02. The average Bonchev–Trinajstić information content (AvgIpc) is 2.11. The second kappa shape index (κ2) is 8.47. The number of unbranched alkanes of at least 4 members (excludes halogenated alkanes) is 1. The van der Waals surface area contributed by atoms with E-state index in [0.717, 1.165) is 31.6 Å². The van der Waals surface area contributed by atoms with E-state index in [9.17, 15) is 0 Å². The van der Waals surface area contributed by atoms with E-state index in [1.807, 2.05) is 19.2 Å². The van der Waals surface area contributed by atoms with Gasteiger partial charge in [0.05, 0.1) is 6.61 Å². The Labute approximate surface area is 75.3 Å². The number of nitrogens with zero attached hydrogens (tertiary/aromatic N) is 1. The van der Waals surface area contributed by atoms with E-state index < -0.39 is 0 Å². The molecule has 0 aromatic carbocycles. The minimum Gasteiger partial charge on any atom is -0.384 e. The lowest BCUT2D eigenvalue weighted by molar-refractivity contribution is 0.202. The second-order valence-electron chi connectivity index (χ2n) is 2.62. The van der Waals surface area contributed by atoms with E-state index >= 15 is 0 Å². The van der Waals surface area contributed by atoms with Gasteiger partial charge in [0.2, 0.25) is 0 Å². The summed E-state index contributed by atoms with van der Waals surface area (Å²) in [4.78, 5) is 4.33. The van der Waals surface area contributed by atoms with Gasteiger partial charge in [0, 0.05) is 25.4 Å². The first-order valence-electron chi connectivity index (χ1n) is 4.51. The standard InChI is InChI=1S/C10H19NO/c1-4-6-8-11-10(5-2)7-9-12-3/h5,8H,4,6-7,9H2,1-3H3/b10-5-,11-8?. The van der Waals surface area contributed by atoms with Crippen LogP contribution in [0.1, 0.15) is 33.1 Å². The Morgan fingerprint density at radius 2 is 2.25 bits per heavy atom. The molecule has 2 nitrogen and oxygen atoms in total. The van der Waals surface area contributed by atoms with Crippen molar-refractivity contribution in [3.63, 3.8) is 0 Å². The van der Waals surface area contributed by atoms with Crippen molar-refractivity contribution in [2.75, 3.05) is 13.7 Å². The van der Waals surface area contributed by atoms with Gasteiger partial charge >= 0.3 is 0 Å². The van der Waals surface area contributed by atoms with Crippen LogP contribution >= 0.6 is 0 Å². The number of allylic oxidation sites excluding steroid dienone is 1. The van der Waals surface area contributed by atoms with Crippen LogP contribution < -0.4 is 0 Å². The van der Waals surface area contributed by atoms with Crippen LogP contribution in [-0.4, -0.2) is 19.9 Å². The highest BCUT2D eigenvalue weighted by atomic mass is 16.5. The number of methoxy groups -OCH3 is 1. The third-order valence-electron chi connectivity index (χ3n) is 1.57. The van der Waals surface area contributed by atoms with Crippen molar-refractivity contribution in [3.05, 3.63) is 11.8 Å². The summed E-state index contributed by atoms with van der Waals surface area (Å²) >= 11 is 0. The number of aliphatic imine (C=N–C) groups is 1. The molecule has 70 valence electrons. The van der Waals surface area contributed by atoms with Crippen molar-refractivity contribution >= 4 is 6.21 Å². The molecule has 0 heterocycles. The fraction of sp³-hybridized carbons (Fsp3) is 0.700. The summed E-state index contributed by atoms with van der Waals surface area (Å²) in [6, 6.07) is 0. The van der Waals surface area contributed by atoms with Crippen LogP contribution in [0, 0.1) is 0 Å². The van der Waals surface area contributed by atoms with Crippen LogP contribution in [0.15, 0.2) is 16.8 Å². The summed E-state index contributed by atoms with van der Waals surface area (Å²) < 4.78 is 4.97. The van der Waals surface area contributed by atoms with E-state index in [2.05, 4.69) is 11.9 Å². The molecule has 0 saturated heterocycles. The van der Waals surface area contributed by atoms with Gasteiger partial charge in [-0.05, 0) is 13.3 Å². The van der Waals surface area contributed by atoms with Gasteiger partial charge < -0.3 is 4.74 Å². The summed E-state index contributed by atoms with van der Waals surface area (Å²) in [6.07, 6.45) is 7.14. The van der Waals surface area contributed by atoms with Gasteiger partial charge in [-0.15, -0.1) is 0 Å². The Kier molecular flexibility index (Phi) is 8.02. The largest absolute Gasteiger partial charge is 0.384 e. The maximum Gasteiger partial charge on any atom is 0.0517 e. The predicted molar refractivity (Wildman–Crippen MR) is 53.7 cm³/mol. The monoisotopic (exact) mass is 169 g/mol. The maximum absolute atomic E-state index is 4.97. The summed E-state index contributed by atoms with van der Waals surface area (Å²) in [5.74, 6) is 0. The molecule has 2 heteroatoms. The molecule has 0 amide bonds. The van der Waals surface area contributed by atoms with E-state index in [1.165, 1.54) is 0 Å². The molecule has 0 aliphatic heterocycles. The van der Waals surface area contributed by atoms with E-state index in [1.54, 1.807) is 7.11 Å². The number of ether oxygens (including phenoxy) is 1. The first kappa shape index (κ1) is 11.4. The van der Waals surface area contributed by atoms with Crippen molar-refractivity contribution in [2.45, 2.75) is 33.1 Å². The molecule has 0 atom stereocenters. The molecule has 0 fully saturated rings. The molecule has 0 rings (SSSR count). The van der Waals surface area contributed by atoms with Crippen molar-refractivity contribution in [1.29, 1.82) is 0 Å². The van der Waals surface area contributed by atoms with Crippen molar-refractivity contribution in [3.8, 4) is 0 Å². The van der Waals surface area contributed by atoms with Gasteiger partial charge in [-0.3, -0.25) is 4.99 Å². The lowest BCUT2D eigenvalue weighted by Gasteiger charge is -1.98. The molecule has 0 spiro atoms. The van der Waals surface area contributed by atoms with Gasteiger partial charge in [-0.25, -0.2) is 0 Å². The fourth-order valence-corrected chi connectivity index (χ4v) is 0.801. The summed E-state index contributed by atoms with van der Waals surface area (Å²) in [7, 11) is 1.71. The molecular formula is C10H19NO. The fourth-order valence-electron chi connectivity index (χ4n) is 0.801. The normalized spacial score (nSPS) is 12.8. The molecule has 0 aromatic heterocycles. The third kappa shape index (κ3) is 6.10. The van der Waals surface area contributed by atoms with Gasteiger partial charge in [0.15, 0.2) is 0 Å². The predicted octanol–water partition coefficient (Wildman–Crippen LogP) is 2.80. The minimum atomic E-state index is 0.753. The first-order chi connectivity index (χ1) is 5.85. The molecule has 0 aliphatic carbocycles. The summed E-state index contributed by atoms with van der Waals surface area (Å²) in [5, 5.41) is 0.